The summed E-state index contributed by atoms with van der Waals surface area (Å²) < 4.78 is 19.9. The highest BCUT2D eigenvalue weighted by Crippen LogP contribution is 2.26. The number of methoxy groups -OCH3 is 1. The van der Waals surface area contributed by atoms with Crippen molar-refractivity contribution in [3.8, 4) is 17.0 Å². The van der Waals surface area contributed by atoms with Gasteiger partial charge in [-0.15, -0.1) is 5.10 Å². The minimum atomic E-state index is -0.850. The lowest BCUT2D eigenvalue weighted by Gasteiger charge is -2.25. The smallest absolute Gasteiger partial charge is 0.255 e. The van der Waals surface area contributed by atoms with Crippen LogP contribution in [0.1, 0.15) is 15.9 Å². The number of ether oxygens (including phenoxy) is 1. The fourth-order valence-corrected chi connectivity index (χ4v) is 4.71. The molecule has 0 saturated heterocycles. The largest absolute Gasteiger partial charge is 0.497 e. The molecule has 4 aromatic carbocycles. The van der Waals surface area contributed by atoms with Crippen LogP contribution < -0.4 is 20.3 Å². The van der Waals surface area contributed by atoms with Crippen LogP contribution >= 0.6 is 0 Å². The van der Waals surface area contributed by atoms with Crippen molar-refractivity contribution in [2.75, 3.05) is 24.4 Å². The number of amides is 3. The highest BCUT2D eigenvalue weighted by molar-refractivity contribution is 6.06. The van der Waals surface area contributed by atoms with Crippen molar-refractivity contribution in [1.82, 2.24) is 20.3 Å². The van der Waals surface area contributed by atoms with E-state index in [9.17, 15) is 18.8 Å². The van der Waals surface area contributed by atoms with Crippen molar-refractivity contribution in [2.24, 2.45) is 0 Å². The van der Waals surface area contributed by atoms with Gasteiger partial charge in [0.2, 0.25) is 11.8 Å². The molecule has 228 valence electrons. The molecule has 1 atom stereocenters. The first-order valence-electron chi connectivity index (χ1n) is 14.1. The Balaban J connectivity index is 1.29. The van der Waals surface area contributed by atoms with Crippen molar-refractivity contribution in [1.29, 1.82) is 0 Å². The zero-order chi connectivity index (χ0) is 31.8. The third-order valence-electron chi connectivity index (χ3n) is 7.11. The van der Waals surface area contributed by atoms with E-state index >= 15 is 0 Å². The standard InChI is InChI=1S/C34H31FN6O4/c1-40(26-16-18-27(45-2)19-17-26)34(44)30(20-23-8-4-3-5-9-23)36-32(42)22-41-21-31(38-39-41)28-10-6-7-11-29(28)37-33(43)24-12-14-25(35)15-13-24/h3-19,21,30H,20,22H2,1-2H3,(H,36,42)(H,37,43). The van der Waals surface area contributed by atoms with Crippen LogP contribution in [0.3, 0.4) is 0 Å². The molecule has 10 nitrogen and oxygen atoms in total. The molecule has 0 saturated carbocycles. The van der Waals surface area contributed by atoms with Crippen molar-refractivity contribution in [3.63, 3.8) is 0 Å². The van der Waals surface area contributed by atoms with E-state index in [0.29, 0.717) is 33.9 Å². The van der Waals surface area contributed by atoms with E-state index < -0.39 is 23.7 Å². The minimum absolute atomic E-state index is 0.193. The zero-order valence-corrected chi connectivity index (χ0v) is 24.7. The molecule has 0 aliphatic carbocycles. The van der Waals surface area contributed by atoms with Gasteiger partial charge in [0.15, 0.2) is 0 Å². The second-order valence-electron chi connectivity index (χ2n) is 10.2. The van der Waals surface area contributed by atoms with E-state index in [0.717, 1.165) is 5.56 Å². The molecule has 0 aliphatic rings. The molecule has 0 spiro atoms. The highest BCUT2D eigenvalue weighted by Gasteiger charge is 2.26. The maximum atomic E-state index is 13.6. The van der Waals surface area contributed by atoms with Gasteiger partial charge >= 0.3 is 0 Å². The van der Waals surface area contributed by atoms with Crippen molar-refractivity contribution < 1.29 is 23.5 Å². The Bertz CT molecular complexity index is 1770. The molecule has 2 N–H and O–H groups in total. The van der Waals surface area contributed by atoms with Crippen molar-refractivity contribution in [2.45, 2.75) is 19.0 Å². The number of para-hydroxylation sites is 1. The second-order valence-corrected chi connectivity index (χ2v) is 10.2. The van der Waals surface area contributed by atoms with Crippen LogP contribution in [-0.2, 0) is 22.6 Å². The molecular formula is C34H31FN6O4. The molecule has 0 fully saturated rings. The van der Waals surface area contributed by atoms with Gasteiger partial charge in [0.25, 0.3) is 5.91 Å². The number of likely N-dealkylation sites (N-methyl/N-ethyl adjacent to an activating group) is 1. The monoisotopic (exact) mass is 606 g/mol. The Morgan fingerprint density at radius 2 is 1.60 bits per heavy atom. The predicted octanol–water partition coefficient (Wildman–Crippen LogP) is 4.74. The van der Waals surface area contributed by atoms with Crippen LogP contribution in [0, 0.1) is 5.82 Å². The number of hydrogen-bond donors (Lipinski definition) is 2. The zero-order valence-electron chi connectivity index (χ0n) is 24.7. The molecule has 3 amide bonds. The van der Waals surface area contributed by atoms with Gasteiger partial charge in [-0.05, 0) is 60.2 Å². The van der Waals surface area contributed by atoms with E-state index in [4.69, 9.17) is 4.74 Å². The van der Waals surface area contributed by atoms with Crippen LogP contribution in [0.25, 0.3) is 11.3 Å². The van der Waals surface area contributed by atoms with Gasteiger partial charge in [-0.2, -0.15) is 0 Å². The summed E-state index contributed by atoms with van der Waals surface area (Å²) in [6.07, 6.45) is 1.87. The van der Waals surface area contributed by atoms with Crippen LogP contribution in [0.4, 0.5) is 15.8 Å². The SMILES string of the molecule is COc1ccc(N(C)C(=O)C(Cc2ccccc2)NC(=O)Cn2cc(-c3ccccc3NC(=O)c3ccc(F)cc3)nn2)cc1. The summed E-state index contributed by atoms with van der Waals surface area (Å²) in [7, 11) is 3.23. The first-order chi connectivity index (χ1) is 21.8. The quantitative estimate of drug-likeness (QED) is 0.224. The van der Waals surface area contributed by atoms with Crippen LogP contribution in [0.2, 0.25) is 0 Å². The maximum absolute atomic E-state index is 13.6. The fraction of sp³-hybridized carbons (Fsp3) is 0.147. The third kappa shape index (κ3) is 7.77. The Morgan fingerprint density at radius 3 is 2.31 bits per heavy atom. The second kappa shape index (κ2) is 14.1. The molecular weight excluding hydrogens is 575 g/mol. The van der Waals surface area contributed by atoms with Gasteiger partial charge in [0.1, 0.15) is 29.8 Å². The summed E-state index contributed by atoms with van der Waals surface area (Å²) in [5.74, 6) is -0.904. The van der Waals surface area contributed by atoms with Gasteiger partial charge in [-0.1, -0.05) is 53.7 Å². The molecule has 1 unspecified atom stereocenters. The molecule has 0 bridgehead atoms. The average molecular weight is 607 g/mol. The number of anilines is 2. The molecule has 1 aromatic heterocycles. The van der Waals surface area contributed by atoms with E-state index in [2.05, 4.69) is 20.9 Å². The molecule has 0 radical (unpaired) electrons. The molecule has 1 heterocycles. The third-order valence-corrected chi connectivity index (χ3v) is 7.11. The van der Waals surface area contributed by atoms with Gasteiger partial charge in [0, 0.05) is 30.3 Å². The Morgan fingerprint density at radius 1 is 0.911 bits per heavy atom. The first-order valence-corrected chi connectivity index (χ1v) is 14.1. The van der Waals surface area contributed by atoms with Crippen LogP contribution in [0.5, 0.6) is 5.75 Å². The molecule has 5 rings (SSSR count). The van der Waals surface area contributed by atoms with Gasteiger partial charge < -0.3 is 20.3 Å². The Labute approximate surface area is 259 Å². The van der Waals surface area contributed by atoms with Crippen LogP contribution in [-0.4, -0.2) is 52.9 Å². The number of carbonyl (C=O) groups excluding carboxylic acids is 3. The Kier molecular flexibility index (Phi) is 9.58. The maximum Gasteiger partial charge on any atom is 0.255 e. The lowest BCUT2D eigenvalue weighted by atomic mass is 10.0. The number of aromatic nitrogens is 3. The Hall–Kier alpha value is -5.84. The van der Waals surface area contributed by atoms with E-state index in [1.807, 2.05) is 30.3 Å². The number of nitrogens with zero attached hydrogens (tertiary/aromatic N) is 4. The van der Waals surface area contributed by atoms with Gasteiger partial charge in [0.05, 0.1) is 19.0 Å². The summed E-state index contributed by atoms with van der Waals surface area (Å²) in [4.78, 5) is 41.1. The first kappa shape index (κ1) is 30.6. The minimum Gasteiger partial charge on any atom is -0.497 e. The highest BCUT2D eigenvalue weighted by atomic mass is 19.1. The predicted molar refractivity (Wildman–Crippen MR) is 168 cm³/mol. The van der Waals surface area contributed by atoms with Crippen molar-refractivity contribution >= 4 is 29.1 Å². The topological polar surface area (TPSA) is 118 Å². The lowest BCUT2D eigenvalue weighted by molar-refractivity contribution is -0.127. The number of hydrogen-bond acceptors (Lipinski definition) is 6. The molecule has 45 heavy (non-hydrogen) atoms. The van der Waals surface area contributed by atoms with E-state index in [1.165, 1.54) is 33.8 Å². The van der Waals surface area contributed by atoms with Crippen molar-refractivity contribution in [3.05, 3.63) is 126 Å². The molecule has 0 aliphatic heterocycles. The normalized spacial score (nSPS) is 11.4. The van der Waals surface area contributed by atoms with Gasteiger partial charge in [-0.25, -0.2) is 9.07 Å². The summed E-state index contributed by atoms with van der Waals surface area (Å²) in [6.45, 7) is -0.193. The summed E-state index contributed by atoms with van der Waals surface area (Å²) in [6, 6.07) is 27.9. The lowest BCUT2D eigenvalue weighted by Crippen LogP contribution is -2.49. The summed E-state index contributed by atoms with van der Waals surface area (Å²) >= 11 is 0. The number of nitrogens with one attached hydrogen (secondary N) is 2. The number of halogens is 1. The summed E-state index contributed by atoms with van der Waals surface area (Å²) in [5.41, 5.74) is 3.31. The van der Waals surface area contributed by atoms with Gasteiger partial charge in [-0.3, -0.25) is 14.4 Å². The molecule has 11 heteroatoms. The number of carbonyl (C=O) groups is 3. The number of benzene rings is 4. The van der Waals surface area contributed by atoms with E-state index in [-0.39, 0.29) is 18.9 Å². The summed E-state index contributed by atoms with van der Waals surface area (Å²) in [5, 5.41) is 14.0. The fourth-order valence-electron chi connectivity index (χ4n) is 4.71. The van der Waals surface area contributed by atoms with Crippen LogP contribution in [0.15, 0.2) is 109 Å². The number of rotatable bonds is 11. The van der Waals surface area contributed by atoms with E-state index in [1.54, 1.807) is 68.9 Å². The average Bonchev–Trinajstić information content (AvgIpc) is 3.52. The molecule has 5 aromatic rings.